The molecule has 1 heterocycles. The molecule has 1 saturated heterocycles. The molecule has 4 aromatic rings. The first-order valence-electron chi connectivity index (χ1n) is 13.8. The molecule has 5 rings (SSSR count). The van der Waals surface area contributed by atoms with Crippen molar-refractivity contribution in [2.75, 3.05) is 27.3 Å². The van der Waals surface area contributed by atoms with E-state index in [4.69, 9.17) is 18.9 Å². The first-order valence-corrected chi connectivity index (χ1v) is 13.8. The van der Waals surface area contributed by atoms with E-state index in [9.17, 15) is 4.79 Å². The third-order valence-electron chi connectivity index (χ3n) is 6.92. The molecule has 0 aromatic heterocycles. The molecule has 210 valence electrons. The maximum Gasteiger partial charge on any atom is 0.253 e. The summed E-state index contributed by atoms with van der Waals surface area (Å²) in [5.74, 6) is 3.60. The first kappa shape index (κ1) is 27.8. The number of carbonyl (C=O) groups excluding carboxylic acids is 1. The summed E-state index contributed by atoms with van der Waals surface area (Å²) >= 11 is 0. The highest BCUT2D eigenvalue weighted by molar-refractivity contribution is 5.94. The molecule has 0 N–H and O–H groups in total. The third-order valence-corrected chi connectivity index (χ3v) is 6.92. The summed E-state index contributed by atoms with van der Waals surface area (Å²) in [5.41, 5.74) is 3.38. The van der Waals surface area contributed by atoms with Gasteiger partial charge in [-0.15, -0.1) is 0 Å². The fraction of sp³-hybridized carbons (Fsp3) is 0.235. The second-order valence-electron chi connectivity index (χ2n) is 9.78. The summed E-state index contributed by atoms with van der Waals surface area (Å²) in [6, 6.07) is 28.3. The number of carbonyl (C=O) groups is 1. The van der Waals surface area contributed by atoms with Gasteiger partial charge in [-0.2, -0.15) is 0 Å². The number of piperidine rings is 1. The predicted molar refractivity (Wildman–Crippen MR) is 160 cm³/mol. The average molecular weight is 551 g/mol. The number of nitrogens with zero attached hydrogens (tertiary/aromatic N) is 2. The first-order chi connectivity index (χ1) is 20.1. The molecule has 0 radical (unpaired) electrons. The summed E-state index contributed by atoms with van der Waals surface area (Å²) < 4.78 is 22.7. The van der Waals surface area contributed by atoms with Gasteiger partial charge in [-0.3, -0.25) is 9.79 Å². The van der Waals surface area contributed by atoms with E-state index in [-0.39, 0.29) is 5.91 Å². The molecule has 7 nitrogen and oxygen atoms in total. The zero-order chi connectivity index (χ0) is 28.4. The lowest BCUT2D eigenvalue weighted by molar-refractivity contribution is 0.0724. The Balaban J connectivity index is 1.16. The molecule has 4 aromatic carbocycles. The summed E-state index contributed by atoms with van der Waals surface area (Å²) in [6.07, 6.45) is 5.15. The van der Waals surface area contributed by atoms with E-state index in [0.717, 1.165) is 65.6 Å². The second kappa shape index (κ2) is 13.5. The number of rotatable bonds is 10. The van der Waals surface area contributed by atoms with Crippen molar-refractivity contribution < 1.29 is 23.7 Å². The number of ether oxygens (including phenoxy) is 4. The Labute approximate surface area is 241 Å². The lowest BCUT2D eigenvalue weighted by atomic mass is 10.1. The Bertz CT molecular complexity index is 1460. The van der Waals surface area contributed by atoms with Crippen molar-refractivity contribution in [2.24, 2.45) is 4.99 Å². The van der Waals surface area contributed by atoms with E-state index in [2.05, 4.69) is 4.99 Å². The molecule has 1 aliphatic heterocycles. The second-order valence-corrected chi connectivity index (χ2v) is 9.78. The van der Waals surface area contributed by atoms with E-state index >= 15 is 0 Å². The molecule has 0 saturated carbocycles. The molecule has 0 aliphatic carbocycles. The quantitative estimate of drug-likeness (QED) is 0.192. The summed E-state index contributed by atoms with van der Waals surface area (Å²) in [5, 5.41) is 0. The van der Waals surface area contributed by atoms with Gasteiger partial charge in [0.25, 0.3) is 5.91 Å². The van der Waals surface area contributed by atoms with Gasteiger partial charge >= 0.3 is 0 Å². The Morgan fingerprint density at radius 2 is 1.41 bits per heavy atom. The van der Waals surface area contributed by atoms with Crippen molar-refractivity contribution in [3.8, 4) is 28.7 Å². The number of hydrogen-bond acceptors (Lipinski definition) is 6. The van der Waals surface area contributed by atoms with Gasteiger partial charge in [-0.25, -0.2) is 0 Å². The molecule has 0 atom stereocenters. The van der Waals surface area contributed by atoms with Gasteiger partial charge in [-0.1, -0.05) is 12.1 Å². The van der Waals surface area contributed by atoms with Crippen LogP contribution in [0.5, 0.6) is 28.7 Å². The number of hydrogen-bond donors (Lipinski definition) is 0. The van der Waals surface area contributed by atoms with Gasteiger partial charge in [0.1, 0.15) is 23.9 Å². The molecule has 7 heteroatoms. The van der Waals surface area contributed by atoms with Crippen molar-refractivity contribution >= 4 is 17.8 Å². The molecular weight excluding hydrogens is 516 g/mol. The Morgan fingerprint density at radius 3 is 2.07 bits per heavy atom. The molecule has 0 spiro atoms. The molecular formula is C34H34N2O5. The van der Waals surface area contributed by atoms with Crippen molar-refractivity contribution in [1.29, 1.82) is 0 Å². The lowest BCUT2D eigenvalue weighted by Crippen LogP contribution is -2.35. The van der Waals surface area contributed by atoms with Crippen LogP contribution in [0.4, 0.5) is 5.69 Å². The number of amides is 1. The van der Waals surface area contributed by atoms with Gasteiger partial charge in [0.15, 0.2) is 11.5 Å². The molecule has 41 heavy (non-hydrogen) atoms. The number of aliphatic imine (C=N–C) groups is 1. The maximum absolute atomic E-state index is 12.7. The lowest BCUT2D eigenvalue weighted by Gasteiger charge is -2.26. The summed E-state index contributed by atoms with van der Waals surface area (Å²) in [4.78, 5) is 19.2. The molecule has 0 unspecified atom stereocenters. The minimum absolute atomic E-state index is 0.105. The van der Waals surface area contributed by atoms with Crippen LogP contribution in [0.2, 0.25) is 0 Å². The van der Waals surface area contributed by atoms with Crippen LogP contribution in [0.15, 0.2) is 96.0 Å². The maximum atomic E-state index is 12.7. The van der Waals surface area contributed by atoms with E-state index in [1.807, 2.05) is 95.9 Å². The van der Waals surface area contributed by atoms with Crippen LogP contribution in [-0.2, 0) is 6.61 Å². The predicted octanol–water partition coefficient (Wildman–Crippen LogP) is 7.45. The van der Waals surface area contributed by atoms with Crippen LogP contribution < -0.4 is 18.9 Å². The van der Waals surface area contributed by atoms with Gasteiger partial charge in [0, 0.05) is 24.9 Å². The van der Waals surface area contributed by atoms with E-state index in [1.54, 1.807) is 20.4 Å². The smallest absolute Gasteiger partial charge is 0.253 e. The number of likely N-dealkylation sites (tertiary alicyclic amines) is 1. The molecule has 1 fully saturated rings. The summed E-state index contributed by atoms with van der Waals surface area (Å²) in [6.45, 7) is 2.06. The summed E-state index contributed by atoms with van der Waals surface area (Å²) in [7, 11) is 3.25. The highest BCUT2D eigenvalue weighted by Crippen LogP contribution is 2.29. The van der Waals surface area contributed by atoms with Crippen molar-refractivity contribution in [3.05, 3.63) is 108 Å². The SMILES string of the molecule is COc1ccc(Oc2ccc(N=Cc3ccc(OCc4ccc(C(=O)N5CCCCC5)cc4)c(OC)c3)cc2)cc1. The zero-order valence-corrected chi connectivity index (χ0v) is 23.4. The van der Waals surface area contributed by atoms with Crippen LogP contribution in [-0.4, -0.2) is 44.3 Å². The van der Waals surface area contributed by atoms with Crippen LogP contribution in [0, 0.1) is 0 Å². The monoisotopic (exact) mass is 550 g/mol. The van der Waals surface area contributed by atoms with Gasteiger partial charge < -0.3 is 23.8 Å². The van der Waals surface area contributed by atoms with Crippen molar-refractivity contribution in [3.63, 3.8) is 0 Å². The zero-order valence-electron chi connectivity index (χ0n) is 23.4. The minimum Gasteiger partial charge on any atom is -0.497 e. The number of methoxy groups -OCH3 is 2. The fourth-order valence-electron chi connectivity index (χ4n) is 4.60. The van der Waals surface area contributed by atoms with Crippen LogP contribution in [0.3, 0.4) is 0 Å². The van der Waals surface area contributed by atoms with E-state index in [0.29, 0.717) is 18.1 Å². The Kier molecular flexibility index (Phi) is 9.16. The van der Waals surface area contributed by atoms with Gasteiger partial charge in [0.2, 0.25) is 0 Å². The average Bonchev–Trinajstić information content (AvgIpc) is 3.04. The van der Waals surface area contributed by atoms with Crippen molar-refractivity contribution in [2.45, 2.75) is 25.9 Å². The van der Waals surface area contributed by atoms with Gasteiger partial charge in [0.05, 0.1) is 19.9 Å². The molecule has 1 amide bonds. The van der Waals surface area contributed by atoms with Crippen LogP contribution in [0.25, 0.3) is 0 Å². The third kappa shape index (κ3) is 7.45. The van der Waals surface area contributed by atoms with Crippen molar-refractivity contribution in [1.82, 2.24) is 4.90 Å². The molecule has 0 bridgehead atoms. The molecule has 1 aliphatic rings. The topological polar surface area (TPSA) is 69.6 Å². The van der Waals surface area contributed by atoms with E-state index < -0.39 is 0 Å². The highest BCUT2D eigenvalue weighted by atomic mass is 16.5. The number of benzene rings is 4. The largest absolute Gasteiger partial charge is 0.497 e. The fourth-order valence-corrected chi connectivity index (χ4v) is 4.60. The Hall–Kier alpha value is -4.78. The normalized spacial score (nSPS) is 13.2. The Morgan fingerprint density at radius 1 is 0.756 bits per heavy atom. The minimum atomic E-state index is 0.105. The standard InChI is InChI=1S/C34H34N2O5/c1-38-29-15-17-31(18-16-29)41-30-13-11-28(12-14-30)35-23-26-8-19-32(33(22-26)39-2)40-24-25-6-9-27(10-7-25)34(37)36-20-4-3-5-21-36/h6-19,22-23H,3-5,20-21,24H2,1-2H3. The van der Waals surface area contributed by atoms with E-state index in [1.165, 1.54) is 6.42 Å². The van der Waals surface area contributed by atoms with Crippen LogP contribution in [0.1, 0.15) is 40.7 Å². The van der Waals surface area contributed by atoms with Crippen LogP contribution >= 0.6 is 0 Å². The highest BCUT2D eigenvalue weighted by Gasteiger charge is 2.18. The van der Waals surface area contributed by atoms with Gasteiger partial charge in [-0.05, 0) is 109 Å².